The summed E-state index contributed by atoms with van der Waals surface area (Å²) < 4.78 is 2.05. The number of rotatable bonds is 1. The van der Waals surface area contributed by atoms with Gasteiger partial charge in [-0.05, 0) is 22.9 Å². The van der Waals surface area contributed by atoms with Crippen molar-refractivity contribution in [3.05, 3.63) is 53.4 Å². The zero-order valence-corrected chi connectivity index (χ0v) is 10.3. The van der Waals surface area contributed by atoms with Gasteiger partial charge in [-0.15, -0.1) is 10.2 Å². The van der Waals surface area contributed by atoms with E-state index in [0.717, 1.165) is 22.4 Å². The first-order chi connectivity index (χ1) is 8.93. The van der Waals surface area contributed by atoms with Gasteiger partial charge in [0.15, 0.2) is 11.5 Å². The van der Waals surface area contributed by atoms with Gasteiger partial charge in [0.1, 0.15) is 0 Å². The van der Waals surface area contributed by atoms with Crippen molar-refractivity contribution in [1.29, 1.82) is 0 Å². The van der Waals surface area contributed by atoms with E-state index >= 15 is 0 Å². The number of thiophene rings is 1. The van der Waals surface area contributed by atoms with Crippen molar-refractivity contribution in [2.75, 3.05) is 0 Å². The van der Waals surface area contributed by atoms with Crippen LogP contribution in [0.3, 0.4) is 0 Å². The summed E-state index contributed by atoms with van der Waals surface area (Å²) in [4.78, 5) is 0. The van der Waals surface area contributed by atoms with Crippen LogP contribution in [-0.2, 0) is 0 Å². The maximum absolute atomic E-state index is 4.32. The minimum atomic E-state index is 0.900. The summed E-state index contributed by atoms with van der Waals surface area (Å²) in [6.45, 7) is 0. The molecular formula is C14H9N3S. The molecule has 0 saturated carbocycles. The van der Waals surface area contributed by atoms with E-state index in [2.05, 4.69) is 45.2 Å². The van der Waals surface area contributed by atoms with E-state index in [9.17, 15) is 0 Å². The highest BCUT2D eigenvalue weighted by atomic mass is 32.1. The van der Waals surface area contributed by atoms with Crippen molar-refractivity contribution in [2.24, 2.45) is 0 Å². The fraction of sp³-hybridized carbons (Fsp3) is 0. The highest BCUT2D eigenvalue weighted by Crippen LogP contribution is 2.24. The number of aromatic nitrogens is 3. The summed E-state index contributed by atoms with van der Waals surface area (Å²) in [5.41, 5.74) is 2.03. The second-order valence-electron chi connectivity index (χ2n) is 4.13. The molecule has 3 nitrogen and oxygen atoms in total. The van der Waals surface area contributed by atoms with Crippen LogP contribution in [0.25, 0.3) is 27.8 Å². The van der Waals surface area contributed by atoms with E-state index in [1.54, 1.807) is 11.3 Å². The van der Waals surface area contributed by atoms with Crippen LogP contribution in [0.15, 0.2) is 53.4 Å². The average Bonchev–Trinajstić information content (AvgIpc) is 3.07. The summed E-state index contributed by atoms with van der Waals surface area (Å²) in [6, 6.07) is 12.4. The molecule has 0 atom stereocenters. The third-order valence-corrected chi connectivity index (χ3v) is 3.76. The molecule has 3 aromatic heterocycles. The topological polar surface area (TPSA) is 30.2 Å². The second kappa shape index (κ2) is 3.65. The quantitative estimate of drug-likeness (QED) is 0.517. The van der Waals surface area contributed by atoms with Gasteiger partial charge in [0, 0.05) is 22.5 Å². The molecular weight excluding hydrogens is 242 g/mol. The van der Waals surface area contributed by atoms with Gasteiger partial charge in [-0.2, -0.15) is 11.3 Å². The number of pyridine rings is 1. The van der Waals surface area contributed by atoms with Crippen molar-refractivity contribution in [2.45, 2.75) is 0 Å². The molecule has 1 aromatic carbocycles. The van der Waals surface area contributed by atoms with Crippen molar-refractivity contribution < 1.29 is 0 Å². The highest BCUT2D eigenvalue weighted by Gasteiger charge is 2.10. The fourth-order valence-corrected chi connectivity index (χ4v) is 2.84. The molecule has 0 aliphatic carbocycles. The van der Waals surface area contributed by atoms with E-state index in [-0.39, 0.29) is 0 Å². The van der Waals surface area contributed by atoms with Gasteiger partial charge in [0.2, 0.25) is 0 Å². The maximum Gasteiger partial charge on any atom is 0.169 e. The second-order valence-corrected chi connectivity index (χ2v) is 4.91. The van der Waals surface area contributed by atoms with Crippen molar-refractivity contribution in [3.8, 4) is 11.4 Å². The fourth-order valence-electron chi connectivity index (χ4n) is 2.21. The van der Waals surface area contributed by atoms with E-state index in [1.807, 2.05) is 22.7 Å². The molecule has 0 spiro atoms. The van der Waals surface area contributed by atoms with E-state index < -0.39 is 0 Å². The Morgan fingerprint density at radius 2 is 1.94 bits per heavy atom. The Balaban J connectivity index is 2.12. The maximum atomic E-state index is 4.32. The van der Waals surface area contributed by atoms with Crippen LogP contribution in [0.1, 0.15) is 0 Å². The molecule has 0 saturated heterocycles. The Bertz CT molecular complexity index is 831. The van der Waals surface area contributed by atoms with Gasteiger partial charge < -0.3 is 0 Å². The van der Waals surface area contributed by atoms with E-state index in [1.165, 1.54) is 5.39 Å². The third kappa shape index (κ3) is 1.29. The first kappa shape index (κ1) is 9.79. The van der Waals surface area contributed by atoms with Gasteiger partial charge in [-0.25, -0.2) is 0 Å². The Hall–Kier alpha value is -2.20. The molecule has 3 heterocycles. The SMILES string of the molecule is c1ccc2c(c1)ccn1c(-c3ccsc3)nnc21. The minimum Gasteiger partial charge on any atom is -0.282 e. The highest BCUT2D eigenvalue weighted by molar-refractivity contribution is 7.08. The molecule has 0 aliphatic rings. The largest absolute Gasteiger partial charge is 0.282 e. The summed E-state index contributed by atoms with van der Waals surface area (Å²) in [7, 11) is 0. The smallest absolute Gasteiger partial charge is 0.169 e. The van der Waals surface area contributed by atoms with Crippen LogP contribution in [0.5, 0.6) is 0 Å². The Morgan fingerprint density at radius 3 is 2.83 bits per heavy atom. The van der Waals surface area contributed by atoms with Crippen molar-refractivity contribution in [3.63, 3.8) is 0 Å². The number of nitrogens with zero attached hydrogens (tertiary/aromatic N) is 3. The molecule has 4 aromatic rings. The van der Waals surface area contributed by atoms with Gasteiger partial charge in [0.05, 0.1) is 0 Å². The molecule has 0 aliphatic heterocycles. The number of benzene rings is 1. The average molecular weight is 251 g/mol. The van der Waals surface area contributed by atoms with Crippen molar-refractivity contribution >= 4 is 27.8 Å². The molecule has 18 heavy (non-hydrogen) atoms. The Kier molecular flexibility index (Phi) is 1.98. The van der Waals surface area contributed by atoms with Gasteiger partial charge >= 0.3 is 0 Å². The predicted octanol–water partition coefficient (Wildman–Crippen LogP) is 3.61. The summed E-state index contributed by atoms with van der Waals surface area (Å²) in [6.07, 6.45) is 2.03. The number of hydrogen-bond acceptors (Lipinski definition) is 3. The van der Waals surface area contributed by atoms with Gasteiger partial charge in [-0.3, -0.25) is 4.40 Å². The van der Waals surface area contributed by atoms with Crippen LogP contribution in [-0.4, -0.2) is 14.6 Å². The standard InChI is InChI=1S/C14H9N3S/c1-2-4-12-10(3-1)5-7-17-13(15-16-14(12)17)11-6-8-18-9-11/h1-9H. The lowest BCUT2D eigenvalue weighted by atomic mass is 10.2. The first-order valence-electron chi connectivity index (χ1n) is 5.68. The van der Waals surface area contributed by atoms with Gasteiger partial charge in [0.25, 0.3) is 0 Å². The lowest BCUT2D eigenvalue weighted by Crippen LogP contribution is -1.88. The lowest BCUT2D eigenvalue weighted by Gasteiger charge is -2.00. The monoisotopic (exact) mass is 251 g/mol. The summed E-state index contributed by atoms with van der Waals surface area (Å²) in [5.74, 6) is 0.900. The molecule has 0 radical (unpaired) electrons. The molecule has 0 unspecified atom stereocenters. The normalized spacial score (nSPS) is 11.3. The van der Waals surface area contributed by atoms with E-state index in [0.29, 0.717) is 0 Å². The zero-order valence-electron chi connectivity index (χ0n) is 9.45. The molecule has 0 N–H and O–H groups in total. The molecule has 0 amide bonds. The Labute approximate surface area is 107 Å². The number of hydrogen-bond donors (Lipinski definition) is 0. The van der Waals surface area contributed by atoms with Crippen LogP contribution >= 0.6 is 11.3 Å². The zero-order chi connectivity index (χ0) is 11.9. The van der Waals surface area contributed by atoms with Crippen LogP contribution in [0.2, 0.25) is 0 Å². The summed E-state index contributed by atoms with van der Waals surface area (Å²) in [5, 5.41) is 15.1. The molecule has 86 valence electrons. The summed E-state index contributed by atoms with van der Waals surface area (Å²) >= 11 is 1.67. The minimum absolute atomic E-state index is 0.900. The molecule has 4 heteroatoms. The van der Waals surface area contributed by atoms with Crippen LogP contribution in [0.4, 0.5) is 0 Å². The predicted molar refractivity (Wildman–Crippen MR) is 73.8 cm³/mol. The van der Waals surface area contributed by atoms with Crippen LogP contribution < -0.4 is 0 Å². The Morgan fingerprint density at radius 1 is 1.00 bits per heavy atom. The third-order valence-electron chi connectivity index (χ3n) is 3.08. The van der Waals surface area contributed by atoms with Crippen LogP contribution in [0, 0.1) is 0 Å². The first-order valence-corrected chi connectivity index (χ1v) is 6.63. The molecule has 0 fully saturated rings. The number of fused-ring (bicyclic) bond motifs is 3. The van der Waals surface area contributed by atoms with Crippen molar-refractivity contribution in [1.82, 2.24) is 14.6 Å². The lowest BCUT2D eigenvalue weighted by molar-refractivity contribution is 1.11. The molecule has 4 rings (SSSR count). The van der Waals surface area contributed by atoms with E-state index in [4.69, 9.17) is 0 Å². The van der Waals surface area contributed by atoms with Gasteiger partial charge in [-0.1, -0.05) is 24.3 Å². The molecule has 0 bridgehead atoms.